The fourth-order valence-electron chi connectivity index (χ4n) is 1.30. The summed E-state index contributed by atoms with van der Waals surface area (Å²) >= 11 is 0. The first-order valence-corrected chi connectivity index (χ1v) is 5.74. The Kier molecular flexibility index (Phi) is 5.49. The van der Waals surface area contributed by atoms with Crippen molar-refractivity contribution in [3.05, 3.63) is 29.8 Å². The molecule has 17 heavy (non-hydrogen) atoms. The van der Waals surface area contributed by atoms with E-state index in [0.29, 0.717) is 6.54 Å². The summed E-state index contributed by atoms with van der Waals surface area (Å²) < 4.78 is 5.18. The Morgan fingerprint density at radius 2 is 2.00 bits per heavy atom. The molecule has 1 rings (SSSR count). The van der Waals surface area contributed by atoms with Gasteiger partial charge in [0.25, 0.3) is 0 Å². The number of carbonyl (C=O) groups excluding carboxylic acids is 1. The van der Waals surface area contributed by atoms with Gasteiger partial charge in [-0.05, 0) is 38.0 Å². The van der Waals surface area contributed by atoms with Gasteiger partial charge in [-0.3, -0.25) is 4.79 Å². The van der Waals surface area contributed by atoms with Gasteiger partial charge < -0.3 is 15.2 Å². The van der Waals surface area contributed by atoms with Gasteiger partial charge in [-0.15, -0.1) is 0 Å². The fourth-order valence-corrected chi connectivity index (χ4v) is 1.30. The number of aromatic hydroxyl groups is 1. The molecule has 4 nitrogen and oxygen atoms in total. The molecule has 4 heteroatoms. The zero-order valence-electron chi connectivity index (χ0n) is 10.3. The Morgan fingerprint density at radius 3 is 2.59 bits per heavy atom. The summed E-state index contributed by atoms with van der Waals surface area (Å²) in [6.45, 7) is 4.46. The molecule has 0 atom stereocenters. The summed E-state index contributed by atoms with van der Waals surface area (Å²) in [5.41, 5.74) is 1.08. The van der Waals surface area contributed by atoms with Gasteiger partial charge in [0.2, 0.25) is 5.91 Å². The monoisotopic (exact) mass is 237 g/mol. The highest BCUT2D eigenvalue weighted by molar-refractivity contribution is 5.77. The lowest BCUT2D eigenvalue weighted by molar-refractivity contribution is -0.127. The minimum absolute atomic E-state index is 0.0675. The molecule has 0 aliphatic rings. The molecule has 1 aromatic rings. The van der Waals surface area contributed by atoms with Gasteiger partial charge in [0, 0.05) is 6.54 Å². The minimum Gasteiger partial charge on any atom is -0.508 e. The van der Waals surface area contributed by atoms with Gasteiger partial charge in [0.05, 0.1) is 6.10 Å². The Hall–Kier alpha value is -1.55. The van der Waals surface area contributed by atoms with Gasteiger partial charge >= 0.3 is 0 Å². The van der Waals surface area contributed by atoms with Crippen LogP contribution in [0.25, 0.3) is 0 Å². The van der Waals surface area contributed by atoms with Crippen molar-refractivity contribution in [1.29, 1.82) is 0 Å². The summed E-state index contributed by atoms with van der Waals surface area (Å²) in [4.78, 5) is 11.3. The first-order valence-electron chi connectivity index (χ1n) is 5.74. The molecule has 0 saturated heterocycles. The van der Waals surface area contributed by atoms with Gasteiger partial charge in [-0.25, -0.2) is 0 Å². The predicted molar refractivity (Wildman–Crippen MR) is 65.9 cm³/mol. The quantitative estimate of drug-likeness (QED) is 0.787. The van der Waals surface area contributed by atoms with E-state index >= 15 is 0 Å². The van der Waals surface area contributed by atoms with Crippen molar-refractivity contribution < 1.29 is 14.6 Å². The Bertz CT molecular complexity index is 346. The molecule has 0 aromatic heterocycles. The van der Waals surface area contributed by atoms with E-state index in [1.807, 2.05) is 26.0 Å². The van der Waals surface area contributed by atoms with Gasteiger partial charge in [-0.1, -0.05) is 12.1 Å². The number of hydrogen-bond donors (Lipinski definition) is 2. The second-order valence-electron chi connectivity index (χ2n) is 4.13. The van der Waals surface area contributed by atoms with Crippen LogP contribution >= 0.6 is 0 Å². The molecule has 1 aromatic carbocycles. The minimum atomic E-state index is -0.0996. The average Bonchev–Trinajstić information content (AvgIpc) is 2.29. The Labute approximate surface area is 102 Å². The van der Waals surface area contributed by atoms with E-state index in [4.69, 9.17) is 9.84 Å². The van der Waals surface area contributed by atoms with Gasteiger partial charge in [0.15, 0.2) is 0 Å². The normalized spacial score (nSPS) is 10.5. The van der Waals surface area contributed by atoms with E-state index in [2.05, 4.69) is 5.32 Å². The molecule has 0 spiro atoms. The van der Waals surface area contributed by atoms with E-state index in [1.165, 1.54) is 0 Å². The van der Waals surface area contributed by atoms with Gasteiger partial charge in [-0.2, -0.15) is 0 Å². The third-order valence-corrected chi connectivity index (χ3v) is 2.22. The zero-order valence-corrected chi connectivity index (χ0v) is 10.3. The number of phenols is 1. The molecule has 0 aliphatic heterocycles. The van der Waals surface area contributed by atoms with E-state index in [-0.39, 0.29) is 24.4 Å². The predicted octanol–water partition coefficient (Wildman–Crippen LogP) is 1.48. The zero-order chi connectivity index (χ0) is 12.7. The fraction of sp³-hybridized carbons (Fsp3) is 0.462. The summed E-state index contributed by atoms with van der Waals surface area (Å²) in [6, 6.07) is 6.95. The molecule has 1 amide bonds. The lowest BCUT2D eigenvalue weighted by atomic mass is 10.1. The lowest BCUT2D eigenvalue weighted by Crippen LogP contribution is -2.30. The number of ether oxygens (including phenoxy) is 1. The van der Waals surface area contributed by atoms with E-state index < -0.39 is 0 Å². The third-order valence-electron chi connectivity index (χ3n) is 2.22. The molecule has 0 fully saturated rings. The molecular formula is C13H19NO3. The molecule has 0 bridgehead atoms. The second kappa shape index (κ2) is 6.91. The molecule has 0 radical (unpaired) electrons. The van der Waals surface area contributed by atoms with Crippen LogP contribution in [0.4, 0.5) is 0 Å². The highest BCUT2D eigenvalue weighted by Gasteiger charge is 2.02. The number of amides is 1. The maximum Gasteiger partial charge on any atom is 0.246 e. The summed E-state index contributed by atoms with van der Waals surface area (Å²) in [6.07, 6.45) is 0.811. The average molecular weight is 237 g/mol. The number of rotatable bonds is 6. The van der Waals surface area contributed by atoms with Gasteiger partial charge in [0.1, 0.15) is 12.4 Å². The number of hydrogen-bond acceptors (Lipinski definition) is 3. The van der Waals surface area contributed by atoms with Crippen LogP contribution in [-0.4, -0.2) is 30.3 Å². The largest absolute Gasteiger partial charge is 0.508 e. The van der Waals surface area contributed by atoms with Crippen molar-refractivity contribution in [1.82, 2.24) is 5.32 Å². The molecular weight excluding hydrogens is 218 g/mol. The molecule has 0 unspecified atom stereocenters. The smallest absolute Gasteiger partial charge is 0.246 e. The van der Waals surface area contributed by atoms with Crippen LogP contribution in [0.2, 0.25) is 0 Å². The molecule has 0 heterocycles. The SMILES string of the molecule is CC(C)OCC(=O)NCCc1ccc(O)cc1. The van der Waals surface area contributed by atoms with Crippen LogP contribution < -0.4 is 5.32 Å². The number of nitrogens with one attached hydrogen (secondary N) is 1. The first-order chi connectivity index (χ1) is 8.08. The van der Waals surface area contributed by atoms with Crippen molar-refractivity contribution in [3.8, 4) is 5.75 Å². The van der Waals surface area contributed by atoms with Crippen LogP contribution in [0.3, 0.4) is 0 Å². The van der Waals surface area contributed by atoms with E-state index in [1.54, 1.807) is 12.1 Å². The van der Waals surface area contributed by atoms with Crippen molar-refractivity contribution in [2.45, 2.75) is 26.4 Å². The van der Waals surface area contributed by atoms with Crippen LogP contribution in [-0.2, 0) is 16.0 Å². The highest BCUT2D eigenvalue weighted by atomic mass is 16.5. The molecule has 0 saturated carbocycles. The first kappa shape index (κ1) is 13.5. The third kappa shape index (κ3) is 5.92. The summed E-state index contributed by atoms with van der Waals surface area (Å²) in [5, 5.41) is 11.9. The molecule has 2 N–H and O–H groups in total. The van der Waals surface area contributed by atoms with Crippen LogP contribution in [0.5, 0.6) is 5.75 Å². The number of phenolic OH excluding ortho intramolecular Hbond substituents is 1. The number of carbonyl (C=O) groups is 1. The van der Waals surface area contributed by atoms with Crippen LogP contribution in [0.15, 0.2) is 24.3 Å². The highest BCUT2D eigenvalue weighted by Crippen LogP contribution is 2.09. The maximum atomic E-state index is 11.3. The number of benzene rings is 1. The van der Waals surface area contributed by atoms with Crippen molar-refractivity contribution in [3.63, 3.8) is 0 Å². The summed E-state index contributed by atoms with van der Waals surface area (Å²) in [7, 11) is 0. The van der Waals surface area contributed by atoms with Crippen LogP contribution in [0.1, 0.15) is 19.4 Å². The lowest BCUT2D eigenvalue weighted by Gasteiger charge is -2.08. The van der Waals surface area contributed by atoms with Crippen molar-refractivity contribution in [2.75, 3.05) is 13.2 Å². The van der Waals surface area contributed by atoms with E-state index in [9.17, 15) is 4.79 Å². The van der Waals surface area contributed by atoms with Crippen molar-refractivity contribution in [2.24, 2.45) is 0 Å². The topological polar surface area (TPSA) is 58.6 Å². The molecule has 0 aliphatic carbocycles. The molecule has 94 valence electrons. The van der Waals surface area contributed by atoms with E-state index in [0.717, 1.165) is 12.0 Å². The Balaban J connectivity index is 2.19. The Morgan fingerprint density at radius 1 is 1.35 bits per heavy atom. The van der Waals surface area contributed by atoms with Crippen LogP contribution in [0, 0.1) is 0 Å². The van der Waals surface area contributed by atoms with Crippen molar-refractivity contribution >= 4 is 5.91 Å². The summed E-state index contributed by atoms with van der Waals surface area (Å²) in [5.74, 6) is 0.153. The second-order valence-corrected chi connectivity index (χ2v) is 4.13. The standard InChI is InChI=1S/C13H19NO3/c1-10(2)17-9-13(16)14-8-7-11-3-5-12(15)6-4-11/h3-6,10,15H,7-9H2,1-2H3,(H,14,16). The maximum absolute atomic E-state index is 11.3.